The number of carbonyl (C=O) groups is 1. The lowest BCUT2D eigenvalue weighted by molar-refractivity contribution is -0.172. The van der Waals surface area contributed by atoms with Gasteiger partial charge in [0.2, 0.25) is 0 Å². The molecule has 2 aromatic rings. The number of hydroxylamine groups is 2. The van der Waals surface area contributed by atoms with Crippen molar-refractivity contribution in [2.75, 3.05) is 7.05 Å². The number of nitrogens with zero attached hydrogens (tertiary/aromatic N) is 3. The van der Waals surface area contributed by atoms with Gasteiger partial charge in [-0.3, -0.25) is 15.0 Å². The van der Waals surface area contributed by atoms with Crippen LogP contribution in [0.2, 0.25) is 5.02 Å². The van der Waals surface area contributed by atoms with E-state index in [0.29, 0.717) is 21.3 Å². The van der Waals surface area contributed by atoms with Gasteiger partial charge < -0.3 is 4.74 Å². The molecule has 6 nitrogen and oxygen atoms in total. The van der Waals surface area contributed by atoms with E-state index in [1.165, 1.54) is 14.0 Å². The van der Waals surface area contributed by atoms with Crippen LogP contribution in [0.4, 0.5) is 0 Å². The summed E-state index contributed by atoms with van der Waals surface area (Å²) in [5.41, 5.74) is 1.14. The third kappa shape index (κ3) is 3.40. The molecule has 0 aromatic heterocycles. The van der Waals surface area contributed by atoms with Crippen LogP contribution in [0.15, 0.2) is 58.5 Å². The van der Waals surface area contributed by atoms with E-state index in [4.69, 9.17) is 16.3 Å². The summed E-state index contributed by atoms with van der Waals surface area (Å²) < 4.78 is 5.26. The topological polar surface area (TPSA) is 74.5 Å². The van der Waals surface area contributed by atoms with Gasteiger partial charge in [-0.2, -0.15) is 0 Å². The molecule has 1 N–H and O–H groups in total. The second kappa shape index (κ2) is 7.04. The number of aliphatic imine (C=N–C) groups is 1. The van der Waals surface area contributed by atoms with Crippen molar-refractivity contribution in [2.45, 2.75) is 13.2 Å². The Kier molecular flexibility index (Phi) is 4.83. The van der Waals surface area contributed by atoms with Crippen molar-refractivity contribution in [3.8, 4) is 0 Å². The number of amidine groups is 1. The van der Waals surface area contributed by atoms with Gasteiger partial charge in [-0.15, -0.1) is 0 Å². The van der Waals surface area contributed by atoms with Crippen LogP contribution in [0.5, 0.6) is 0 Å². The molecule has 0 spiro atoms. The summed E-state index contributed by atoms with van der Waals surface area (Å²) in [5, 5.41) is 13.4. The lowest BCUT2D eigenvalue weighted by Gasteiger charge is -2.27. The molecule has 1 heterocycles. The first-order valence-corrected chi connectivity index (χ1v) is 7.95. The molecule has 0 aliphatic carbocycles. The highest BCUT2D eigenvalue weighted by Gasteiger charge is 2.30. The Labute approximate surface area is 149 Å². The highest BCUT2D eigenvalue weighted by atomic mass is 35.5. The summed E-state index contributed by atoms with van der Waals surface area (Å²) in [6.45, 7) is 1.26. The maximum absolute atomic E-state index is 11.5. The SMILES string of the molecule is CN=C1N=c2ccc(Cl)cc2=C(c2ccccc2)N(O)C1OC(C)=O. The Morgan fingerprint density at radius 1 is 1.28 bits per heavy atom. The number of benzene rings is 2. The minimum atomic E-state index is -1.16. The third-order valence-electron chi connectivity index (χ3n) is 3.67. The summed E-state index contributed by atoms with van der Waals surface area (Å²) >= 11 is 6.15. The fourth-order valence-corrected chi connectivity index (χ4v) is 2.80. The van der Waals surface area contributed by atoms with Crippen LogP contribution in [0.1, 0.15) is 12.5 Å². The quantitative estimate of drug-likeness (QED) is 0.831. The first kappa shape index (κ1) is 17.1. The molecule has 0 bridgehead atoms. The number of halogens is 1. The van der Waals surface area contributed by atoms with E-state index in [9.17, 15) is 10.0 Å². The lowest BCUT2D eigenvalue weighted by Crippen LogP contribution is -2.41. The Balaban J connectivity index is 2.38. The molecule has 1 aliphatic rings. The Morgan fingerprint density at radius 2 is 2.00 bits per heavy atom. The lowest BCUT2D eigenvalue weighted by atomic mass is 10.1. The van der Waals surface area contributed by atoms with Gasteiger partial charge in [0.05, 0.1) is 11.1 Å². The standard InChI is InChI=1S/C18H16ClN3O3/c1-11(23)25-18-17(20-2)21-15-9-8-13(19)10-14(15)16(22(18)24)12-6-4-3-5-7-12/h3-10,18,24H,1-2H3. The van der Waals surface area contributed by atoms with E-state index in [0.717, 1.165) is 10.6 Å². The van der Waals surface area contributed by atoms with Crippen LogP contribution in [0.25, 0.3) is 5.70 Å². The maximum atomic E-state index is 11.5. The highest BCUT2D eigenvalue weighted by molar-refractivity contribution is 6.30. The Hall–Kier alpha value is -2.70. The van der Waals surface area contributed by atoms with Crippen LogP contribution >= 0.6 is 11.6 Å². The van der Waals surface area contributed by atoms with E-state index in [2.05, 4.69) is 9.98 Å². The minimum Gasteiger partial charge on any atom is -0.432 e. The summed E-state index contributed by atoms with van der Waals surface area (Å²) in [5.74, 6) is -0.385. The van der Waals surface area contributed by atoms with Gasteiger partial charge in [-0.05, 0) is 18.2 Å². The zero-order valence-corrected chi connectivity index (χ0v) is 14.4. The second-order valence-electron chi connectivity index (χ2n) is 5.38. The summed E-state index contributed by atoms with van der Waals surface area (Å²) in [7, 11) is 1.52. The van der Waals surface area contributed by atoms with Crippen molar-refractivity contribution in [1.82, 2.24) is 5.06 Å². The van der Waals surface area contributed by atoms with Crippen molar-refractivity contribution >= 4 is 29.1 Å². The third-order valence-corrected chi connectivity index (χ3v) is 3.91. The summed E-state index contributed by atoms with van der Waals surface area (Å²) in [6, 6.07) is 14.4. The smallest absolute Gasteiger partial charge is 0.305 e. The van der Waals surface area contributed by atoms with Gasteiger partial charge in [0, 0.05) is 29.8 Å². The number of hydrogen-bond donors (Lipinski definition) is 1. The monoisotopic (exact) mass is 357 g/mol. The predicted molar refractivity (Wildman–Crippen MR) is 93.7 cm³/mol. The van der Waals surface area contributed by atoms with Gasteiger partial charge in [0.15, 0.2) is 5.84 Å². The van der Waals surface area contributed by atoms with Crippen molar-refractivity contribution < 1.29 is 14.7 Å². The molecule has 2 aromatic carbocycles. The first-order chi connectivity index (χ1) is 12.0. The van der Waals surface area contributed by atoms with E-state index in [1.54, 1.807) is 18.2 Å². The maximum Gasteiger partial charge on any atom is 0.305 e. The highest BCUT2D eigenvalue weighted by Crippen LogP contribution is 2.20. The molecule has 1 unspecified atom stereocenters. The largest absolute Gasteiger partial charge is 0.432 e. The molecule has 1 atom stereocenters. The average Bonchev–Trinajstić information content (AvgIpc) is 2.70. The molecule has 25 heavy (non-hydrogen) atoms. The average molecular weight is 358 g/mol. The summed E-state index contributed by atoms with van der Waals surface area (Å²) in [4.78, 5) is 20.0. The molecule has 0 fully saturated rings. The van der Waals surface area contributed by atoms with E-state index >= 15 is 0 Å². The number of esters is 1. The van der Waals surface area contributed by atoms with Crippen molar-refractivity contribution in [2.24, 2.45) is 9.98 Å². The van der Waals surface area contributed by atoms with Gasteiger partial charge >= 0.3 is 5.97 Å². The first-order valence-electron chi connectivity index (χ1n) is 7.57. The zero-order chi connectivity index (χ0) is 18.0. The van der Waals surface area contributed by atoms with Crippen molar-refractivity contribution in [3.63, 3.8) is 0 Å². The molecule has 1 aliphatic heterocycles. The molecule has 0 saturated heterocycles. The molecule has 0 radical (unpaired) electrons. The number of carbonyl (C=O) groups excluding carboxylic acids is 1. The molecular weight excluding hydrogens is 342 g/mol. The van der Waals surface area contributed by atoms with E-state index < -0.39 is 12.2 Å². The molecule has 7 heteroatoms. The molecule has 3 rings (SSSR count). The van der Waals surface area contributed by atoms with Crippen LogP contribution in [-0.4, -0.2) is 35.4 Å². The van der Waals surface area contributed by atoms with Gasteiger partial charge in [-0.25, -0.2) is 10.1 Å². The number of fused-ring (bicyclic) bond motifs is 1. The second-order valence-corrected chi connectivity index (χ2v) is 5.81. The van der Waals surface area contributed by atoms with Crippen molar-refractivity contribution in [1.29, 1.82) is 0 Å². The minimum absolute atomic E-state index is 0.173. The molecular formula is C18H16ClN3O3. The number of rotatable bonds is 2. The normalized spacial score (nSPS) is 18.4. The van der Waals surface area contributed by atoms with Gasteiger partial charge in [0.25, 0.3) is 6.23 Å². The molecule has 0 amide bonds. The Morgan fingerprint density at radius 3 is 2.64 bits per heavy atom. The van der Waals surface area contributed by atoms with E-state index in [-0.39, 0.29) is 5.84 Å². The molecule has 128 valence electrons. The fraction of sp³-hybridized carbons (Fsp3) is 0.167. The number of ether oxygens (including phenoxy) is 1. The molecule has 0 saturated carbocycles. The zero-order valence-electron chi connectivity index (χ0n) is 13.7. The van der Waals surface area contributed by atoms with Gasteiger partial charge in [-0.1, -0.05) is 41.9 Å². The fourth-order valence-electron chi connectivity index (χ4n) is 2.63. The van der Waals surface area contributed by atoms with Crippen LogP contribution in [-0.2, 0) is 9.53 Å². The van der Waals surface area contributed by atoms with Gasteiger partial charge in [0.1, 0.15) is 0 Å². The van der Waals surface area contributed by atoms with Crippen LogP contribution < -0.4 is 10.6 Å². The predicted octanol–water partition coefficient (Wildman–Crippen LogP) is 1.74. The number of hydrogen-bond acceptors (Lipinski definition) is 5. The van der Waals surface area contributed by atoms with Crippen molar-refractivity contribution in [3.05, 3.63) is 69.7 Å². The van der Waals surface area contributed by atoms with Crippen LogP contribution in [0, 0.1) is 0 Å². The Bertz CT molecular complexity index is 957. The summed E-state index contributed by atoms with van der Waals surface area (Å²) in [6.07, 6.45) is -1.16. The van der Waals surface area contributed by atoms with Crippen LogP contribution in [0.3, 0.4) is 0 Å². The van der Waals surface area contributed by atoms with E-state index in [1.807, 2.05) is 30.3 Å².